The number of carbonyl (C=O) groups excluding carboxylic acids is 1. The number of nitrogens with zero attached hydrogens (tertiary/aromatic N) is 2. The van der Waals surface area contributed by atoms with Crippen LogP contribution in [0, 0.1) is 0 Å². The molecule has 3 rings (SSSR count). The van der Waals surface area contributed by atoms with Crippen LogP contribution in [0.2, 0.25) is 0 Å². The van der Waals surface area contributed by atoms with Crippen LogP contribution in [-0.4, -0.2) is 37.4 Å². The van der Waals surface area contributed by atoms with Gasteiger partial charge in [0.15, 0.2) is 11.5 Å². The van der Waals surface area contributed by atoms with E-state index in [0.717, 1.165) is 24.1 Å². The molecule has 0 saturated heterocycles. The number of para-hydroxylation sites is 1. The Labute approximate surface area is 146 Å². The molecule has 2 N–H and O–H groups in total. The van der Waals surface area contributed by atoms with Crippen molar-refractivity contribution in [2.75, 3.05) is 26.5 Å². The second-order valence-corrected chi connectivity index (χ2v) is 5.74. The lowest BCUT2D eigenvalue weighted by Gasteiger charge is -2.24. The van der Waals surface area contributed by atoms with Crippen molar-refractivity contribution in [1.82, 2.24) is 5.01 Å². The molecule has 0 bridgehead atoms. The van der Waals surface area contributed by atoms with Crippen molar-refractivity contribution < 1.29 is 14.3 Å². The van der Waals surface area contributed by atoms with Crippen molar-refractivity contribution in [3.05, 3.63) is 53.6 Å². The number of hydrogen-bond donors (Lipinski definition) is 1. The van der Waals surface area contributed by atoms with Gasteiger partial charge in [-0.3, -0.25) is 4.79 Å². The van der Waals surface area contributed by atoms with Crippen LogP contribution in [0.5, 0.6) is 11.5 Å². The zero-order valence-electron chi connectivity index (χ0n) is 14.4. The van der Waals surface area contributed by atoms with Crippen molar-refractivity contribution >= 4 is 17.3 Å². The fraction of sp³-hybridized carbons (Fsp3) is 0.263. The number of nitrogens with two attached hydrogens (primary N) is 1. The van der Waals surface area contributed by atoms with Gasteiger partial charge in [0.05, 0.1) is 25.5 Å². The van der Waals surface area contributed by atoms with Crippen molar-refractivity contribution in [1.29, 1.82) is 0 Å². The van der Waals surface area contributed by atoms with Gasteiger partial charge in [-0.05, 0) is 43.2 Å². The second kappa shape index (κ2) is 7.25. The summed E-state index contributed by atoms with van der Waals surface area (Å²) in [5, 5.41) is 6.04. The zero-order valence-corrected chi connectivity index (χ0v) is 14.4. The van der Waals surface area contributed by atoms with E-state index in [2.05, 4.69) is 5.10 Å². The molecule has 0 aliphatic carbocycles. The van der Waals surface area contributed by atoms with Crippen LogP contribution < -0.4 is 15.2 Å². The first kappa shape index (κ1) is 16.8. The molecule has 0 radical (unpaired) electrons. The molecule has 0 saturated carbocycles. The molecular formula is C19H21N3O3. The van der Waals surface area contributed by atoms with Crippen molar-refractivity contribution in [3.8, 4) is 11.5 Å². The smallest absolute Gasteiger partial charge is 0.276 e. The van der Waals surface area contributed by atoms with E-state index >= 15 is 0 Å². The number of carbonyl (C=O) groups is 1. The summed E-state index contributed by atoms with van der Waals surface area (Å²) in [6.07, 6.45) is 1.63. The molecular weight excluding hydrogens is 318 g/mol. The first-order chi connectivity index (χ1) is 12.1. The number of ether oxygens (including phenoxy) is 2. The zero-order chi connectivity index (χ0) is 17.8. The quantitative estimate of drug-likeness (QED) is 0.869. The SMILES string of the molecule is COc1ccc(C2=NN(C(=O)c3ccccc3N)CCC2)cc1OC. The highest BCUT2D eigenvalue weighted by Crippen LogP contribution is 2.29. The third kappa shape index (κ3) is 3.42. The average Bonchev–Trinajstić information content (AvgIpc) is 2.67. The maximum Gasteiger partial charge on any atom is 0.276 e. The lowest BCUT2D eigenvalue weighted by atomic mass is 10.0. The summed E-state index contributed by atoms with van der Waals surface area (Å²) >= 11 is 0. The minimum Gasteiger partial charge on any atom is -0.493 e. The molecule has 0 spiro atoms. The molecule has 1 aliphatic heterocycles. The van der Waals surface area contributed by atoms with E-state index in [0.29, 0.717) is 29.3 Å². The lowest BCUT2D eigenvalue weighted by Crippen LogP contribution is -2.32. The molecule has 25 heavy (non-hydrogen) atoms. The topological polar surface area (TPSA) is 77.2 Å². The van der Waals surface area contributed by atoms with Crippen LogP contribution in [0.15, 0.2) is 47.6 Å². The molecule has 1 heterocycles. The predicted molar refractivity (Wildman–Crippen MR) is 97.2 cm³/mol. The summed E-state index contributed by atoms with van der Waals surface area (Å²) in [7, 11) is 3.19. The highest BCUT2D eigenvalue weighted by molar-refractivity contribution is 6.04. The van der Waals surface area contributed by atoms with Gasteiger partial charge in [0.2, 0.25) is 0 Å². The van der Waals surface area contributed by atoms with Gasteiger partial charge in [0.1, 0.15) is 0 Å². The Hall–Kier alpha value is -3.02. The largest absolute Gasteiger partial charge is 0.493 e. The van der Waals surface area contributed by atoms with E-state index in [9.17, 15) is 4.79 Å². The van der Waals surface area contributed by atoms with Gasteiger partial charge < -0.3 is 15.2 Å². The summed E-state index contributed by atoms with van der Waals surface area (Å²) < 4.78 is 10.6. The number of hydrazone groups is 1. The van der Waals surface area contributed by atoms with E-state index in [-0.39, 0.29) is 5.91 Å². The summed E-state index contributed by atoms with van der Waals surface area (Å²) in [6.45, 7) is 0.573. The monoisotopic (exact) mass is 339 g/mol. The molecule has 1 amide bonds. The summed E-state index contributed by atoms with van der Waals surface area (Å²) in [6, 6.07) is 12.7. The Bertz CT molecular complexity index is 817. The second-order valence-electron chi connectivity index (χ2n) is 5.74. The fourth-order valence-electron chi connectivity index (χ4n) is 2.84. The number of rotatable bonds is 4. The van der Waals surface area contributed by atoms with Gasteiger partial charge in [-0.15, -0.1) is 0 Å². The predicted octanol–water partition coefficient (Wildman–Crippen LogP) is 2.93. The highest BCUT2D eigenvalue weighted by Gasteiger charge is 2.22. The minimum atomic E-state index is -0.184. The molecule has 0 aromatic heterocycles. The normalized spacial score (nSPS) is 14.0. The standard InChI is InChI=1S/C19H21N3O3/c1-24-17-10-9-13(12-18(17)25-2)16-8-5-11-22(21-16)19(23)14-6-3-4-7-15(14)20/h3-4,6-7,9-10,12H,5,8,11,20H2,1-2H3. The summed E-state index contributed by atoms with van der Waals surface area (Å²) in [4.78, 5) is 12.7. The van der Waals surface area contributed by atoms with Crippen molar-refractivity contribution in [3.63, 3.8) is 0 Å². The first-order valence-corrected chi connectivity index (χ1v) is 8.10. The summed E-state index contributed by atoms with van der Waals surface area (Å²) in [5.74, 6) is 1.11. The number of amides is 1. The molecule has 0 fully saturated rings. The molecule has 130 valence electrons. The molecule has 0 unspecified atom stereocenters. The van der Waals surface area contributed by atoms with E-state index in [1.165, 1.54) is 5.01 Å². The number of hydrogen-bond acceptors (Lipinski definition) is 5. The Balaban J connectivity index is 1.91. The number of anilines is 1. The molecule has 0 atom stereocenters. The van der Waals surface area contributed by atoms with Crippen LogP contribution in [0.1, 0.15) is 28.8 Å². The molecule has 2 aromatic rings. The average molecular weight is 339 g/mol. The Kier molecular flexibility index (Phi) is 4.88. The third-order valence-corrected chi connectivity index (χ3v) is 4.17. The maximum absolute atomic E-state index is 12.7. The molecule has 2 aromatic carbocycles. The van der Waals surface area contributed by atoms with Crippen LogP contribution in [-0.2, 0) is 0 Å². The minimum absolute atomic E-state index is 0.184. The van der Waals surface area contributed by atoms with Gasteiger partial charge in [-0.25, -0.2) is 5.01 Å². The third-order valence-electron chi connectivity index (χ3n) is 4.17. The number of nitrogen functional groups attached to an aromatic ring is 1. The Morgan fingerprint density at radius 1 is 1.12 bits per heavy atom. The lowest BCUT2D eigenvalue weighted by molar-refractivity contribution is 0.0752. The van der Waals surface area contributed by atoms with Crippen LogP contribution >= 0.6 is 0 Å². The van der Waals surface area contributed by atoms with E-state index in [1.54, 1.807) is 38.5 Å². The first-order valence-electron chi connectivity index (χ1n) is 8.10. The van der Waals surface area contributed by atoms with Crippen LogP contribution in [0.3, 0.4) is 0 Å². The molecule has 6 heteroatoms. The summed E-state index contributed by atoms with van der Waals surface area (Å²) in [5.41, 5.74) is 8.60. The van der Waals surface area contributed by atoms with Gasteiger partial charge in [-0.1, -0.05) is 12.1 Å². The highest BCUT2D eigenvalue weighted by atomic mass is 16.5. The molecule has 6 nitrogen and oxygen atoms in total. The Morgan fingerprint density at radius 3 is 2.60 bits per heavy atom. The Morgan fingerprint density at radius 2 is 1.88 bits per heavy atom. The van der Waals surface area contributed by atoms with Gasteiger partial charge >= 0.3 is 0 Å². The van der Waals surface area contributed by atoms with E-state index in [1.807, 2.05) is 18.2 Å². The van der Waals surface area contributed by atoms with E-state index < -0.39 is 0 Å². The van der Waals surface area contributed by atoms with Crippen molar-refractivity contribution in [2.45, 2.75) is 12.8 Å². The van der Waals surface area contributed by atoms with E-state index in [4.69, 9.17) is 15.2 Å². The van der Waals surface area contributed by atoms with Crippen LogP contribution in [0.4, 0.5) is 5.69 Å². The maximum atomic E-state index is 12.7. The molecule has 1 aliphatic rings. The van der Waals surface area contributed by atoms with Crippen molar-refractivity contribution in [2.24, 2.45) is 5.10 Å². The van der Waals surface area contributed by atoms with Gasteiger partial charge in [0, 0.05) is 17.8 Å². The van der Waals surface area contributed by atoms with Crippen LogP contribution in [0.25, 0.3) is 0 Å². The van der Waals surface area contributed by atoms with Gasteiger partial charge in [-0.2, -0.15) is 5.10 Å². The van der Waals surface area contributed by atoms with Gasteiger partial charge in [0.25, 0.3) is 5.91 Å². The number of benzene rings is 2. The fourth-order valence-corrected chi connectivity index (χ4v) is 2.84. The number of methoxy groups -OCH3 is 2.